The molecule has 0 aliphatic heterocycles. The van der Waals surface area contributed by atoms with Crippen molar-refractivity contribution < 1.29 is 14.3 Å². The zero-order valence-electron chi connectivity index (χ0n) is 21.7. The maximum atomic E-state index is 12.3. The normalized spacial score (nSPS) is 51.5. The highest BCUT2D eigenvalue weighted by Crippen LogP contribution is 2.89. The van der Waals surface area contributed by atoms with Crippen molar-refractivity contribution in [3.63, 3.8) is 0 Å². The predicted octanol–water partition coefficient (Wildman–Crippen LogP) is 6.83. The van der Waals surface area contributed by atoms with Crippen LogP contribution in [0.5, 0.6) is 0 Å². The third kappa shape index (κ3) is 2.55. The summed E-state index contributed by atoms with van der Waals surface area (Å²) in [6.07, 6.45) is 12.8. The van der Waals surface area contributed by atoms with Crippen molar-refractivity contribution in [1.29, 1.82) is 0 Å². The van der Waals surface area contributed by atoms with Crippen molar-refractivity contribution in [1.82, 2.24) is 0 Å². The van der Waals surface area contributed by atoms with Crippen LogP contribution in [0.25, 0.3) is 0 Å². The van der Waals surface area contributed by atoms with Crippen molar-refractivity contribution in [3.05, 3.63) is 0 Å². The van der Waals surface area contributed by atoms with Crippen molar-refractivity contribution in [2.24, 2.45) is 56.7 Å². The van der Waals surface area contributed by atoms with Crippen LogP contribution in [-0.4, -0.2) is 18.9 Å². The van der Waals surface area contributed by atoms with E-state index in [2.05, 4.69) is 41.5 Å². The number of ketones is 1. The fourth-order valence-electron chi connectivity index (χ4n) is 11.1. The van der Waals surface area contributed by atoms with Crippen LogP contribution in [0.2, 0.25) is 0 Å². The first kappa shape index (κ1) is 22.9. The van der Waals surface area contributed by atoms with Gasteiger partial charge < -0.3 is 4.74 Å². The number of esters is 1. The van der Waals surface area contributed by atoms with E-state index >= 15 is 0 Å². The molecule has 0 heterocycles. The minimum atomic E-state index is -0.669. The second kappa shape index (κ2) is 6.85. The zero-order valence-corrected chi connectivity index (χ0v) is 21.7. The molecule has 5 aliphatic carbocycles. The lowest BCUT2D eigenvalue weighted by Crippen LogP contribution is -2.56. The van der Waals surface area contributed by atoms with E-state index in [1.54, 1.807) is 0 Å². The molecule has 9 atom stereocenters. The SMILES string of the molecule is COC(=O)C(=O)C[C@@H](C)[C@H]1CC[C@@]2(C)C3CCC4C(C)(C)[C@@H](C)CC[C@@]45C[C@@]35CC[C@]12C. The molecule has 2 unspecified atom stereocenters. The Kier molecular flexibility index (Phi) is 4.90. The molecule has 0 aromatic rings. The number of hydrogen-bond donors (Lipinski definition) is 0. The number of fused-ring (bicyclic) bond motifs is 2. The van der Waals surface area contributed by atoms with E-state index in [-0.39, 0.29) is 17.1 Å². The van der Waals surface area contributed by atoms with Gasteiger partial charge in [-0.1, -0.05) is 41.5 Å². The van der Waals surface area contributed by atoms with E-state index in [9.17, 15) is 9.59 Å². The van der Waals surface area contributed by atoms with Gasteiger partial charge >= 0.3 is 5.97 Å². The second-order valence-corrected chi connectivity index (χ2v) is 14.0. The Hall–Kier alpha value is -0.860. The standard InChI is InChI=1S/C29H46O3/c1-18(16-21(30)24(31)32-7)20-11-12-27(6)23-9-8-22-25(3,4)19(2)10-13-28(22)17-29(23,28)15-14-26(20,27)5/h18-20,22-23H,8-17H2,1-7H3/t18-,19+,20-,22?,23?,26-,27+,28-,29+/m1/s1. The molecule has 0 aromatic heterocycles. The summed E-state index contributed by atoms with van der Waals surface area (Å²) in [4.78, 5) is 24.1. The minimum Gasteiger partial charge on any atom is -0.463 e. The third-order valence-corrected chi connectivity index (χ3v) is 13.3. The van der Waals surface area contributed by atoms with Crippen LogP contribution in [0.3, 0.4) is 0 Å². The summed E-state index contributed by atoms with van der Waals surface area (Å²) in [6, 6.07) is 0. The molecule has 5 rings (SSSR count). The van der Waals surface area contributed by atoms with Crippen molar-refractivity contribution in [2.45, 2.75) is 106 Å². The Labute approximate surface area is 195 Å². The van der Waals surface area contributed by atoms with Crippen molar-refractivity contribution >= 4 is 11.8 Å². The fraction of sp³-hybridized carbons (Fsp3) is 0.931. The first-order chi connectivity index (χ1) is 14.9. The van der Waals surface area contributed by atoms with Gasteiger partial charge in [0.25, 0.3) is 0 Å². The van der Waals surface area contributed by atoms with Gasteiger partial charge in [-0.15, -0.1) is 0 Å². The molecule has 5 saturated carbocycles. The van der Waals surface area contributed by atoms with Gasteiger partial charge in [-0.05, 0) is 114 Å². The molecule has 3 heteroatoms. The van der Waals surface area contributed by atoms with Crippen molar-refractivity contribution in [3.8, 4) is 0 Å². The molecule has 0 aromatic carbocycles. The van der Waals surface area contributed by atoms with E-state index in [0.717, 1.165) is 17.8 Å². The molecule has 0 N–H and O–H groups in total. The maximum absolute atomic E-state index is 12.3. The largest absolute Gasteiger partial charge is 0.463 e. The van der Waals surface area contributed by atoms with Crippen LogP contribution in [0.1, 0.15) is 106 Å². The van der Waals surface area contributed by atoms with E-state index in [1.165, 1.54) is 64.9 Å². The molecule has 5 fully saturated rings. The number of rotatable bonds is 4. The molecule has 5 aliphatic rings. The molecular weight excluding hydrogens is 396 g/mol. The van der Waals surface area contributed by atoms with Gasteiger partial charge in [0, 0.05) is 6.42 Å². The van der Waals surface area contributed by atoms with Crippen LogP contribution < -0.4 is 0 Å². The van der Waals surface area contributed by atoms with Crippen LogP contribution >= 0.6 is 0 Å². The highest BCUT2D eigenvalue weighted by Gasteiger charge is 2.81. The molecule has 32 heavy (non-hydrogen) atoms. The number of hydrogen-bond acceptors (Lipinski definition) is 3. The van der Waals surface area contributed by atoms with Crippen LogP contribution in [0.15, 0.2) is 0 Å². The first-order valence-corrected chi connectivity index (χ1v) is 13.5. The molecule has 3 nitrogen and oxygen atoms in total. The minimum absolute atomic E-state index is 0.251. The zero-order chi connectivity index (χ0) is 23.3. The lowest BCUT2D eigenvalue weighted by Gasteiger charge is -2.63. The predicted molar refractivity (Wildman–Crippen MR) is 127 cm³/mol. The summed E-state index contributed by atoms with van der Waals surface area (Å²) in [5.74, 6) is 2.39. The Balaban J connectivity index is 1.42. The van der Waals surface area contributed by atoms with Gasteiger partial charge in [0.2, 0.25) is 5.78 Å². The lowest BCUT2D eigenvalue weighted by atomic mass is 9.41. The number of methoxy groups -OCH3 is 1. The van der Waals surface area contributed by atoms with Crippen LogP contribution in [0.4, 0.5) is 0 Å². The summed E-state index contributed by atoms with van der Waals surface area (Å²) in [7, 11) is 1.31. The average Bonchev–Trinajstić information content (AvgIpc) is 3.33. The Morgan fingerprint density at radius 3 is 2.22 bits per heavy atom. The lowest BCUT2D eigenvalue weighted by molar-refractivity contribution is -0.155. The van der Waals surface area contributed by atoms with E-state index in [0.29, 0.717) is 34.0 Å². The third-order valence-electron chi connectivity index (χ3n) is 13.3. The first-order valence-electron chi connectivity index (χ1n) is 13.5. The summed E-state index contributed by atoms with van der Waals surface area (Å²) in [6.45, 7) is 15.1. The summed E-state index contributed by atoms with van der Waals surface area (Å²) in [5, 5.41) is 0. The average molecular weight is 443 g/mol. The molecule has 0 saturated heterocycles. The molecule has 0 amide bonds. The summed E-state index contributed by atoms with van der Waals surface area (Å²) in [5.41, 5.74) is 2.37. The highest BCUT2D eigenvalue weighted by atomic mass is 16.5. The topological polar surface area (TPSA) is 43.4 Å². The second-order valence-electron chi connectivity index (χ2n) is 14.0. The number of ether oxygens (including phenoxy) is 1. The van der Waals surface area contributed by atoms with E-state index in [4.69, 9.17) is 4.74 Å². The van der Waals surface area contributed by atoms with Gasteiger partial charge in [-0.3, -0.25) is 4.79 Å². The maximum Gasteiger partial charge on any atom is 0.374 e. The fourth-order valence-corrected chi connectivity index (χ4v) is 11.1. The van der Waals surface area contributed by atoms with Crippen LogP contribution in [-0.2, 0) is 14.3 Å². The van der Waals surface area contributed by atoms with E-state index in [1.807, 2.05) is 0 Å². The molecule has 2 spiro atoms. The van der Waals surface area contributed by atoms with E-state index < -0.39 is 5.97 Å². The summed E-state index contributed by atoms with van der Waals surface area (Å²) < 4.78 is 4.70. The molecular formula is C29H46O3. The number of carbonyl (C=O) groups is 2. The Morgan fingerprint density at radius 2 is 1.53 bits per heavy atom. The molecule has 0 radical (unpaired) electrons. The van der Waals surface area contributed by atoms with Gasteiger partial charge in [0.1, 0.15) is 0 Å². The molecule has 0 bridgehead atoms. The van der Waals surface area contributed by atoms with Crippen molar-refractivity contribution in [2.75, 3.05) is 7.11 Å². The van der Waals surface area contributed by atoms with Gasteiger partial charge in [-0.2, -0.15) is 0 Å². The number of carbonyl (C=O) groups excluding carboxylic acids is 2. The van der Waals surface area contributed by atoms with Gasteiger partial charge in [-0.25, -0.2) is 4.79 Å². The highest BCUT2D eigenvalue weighted by molar-refractivity contribution is 6.33. The Bertz CT molecular complexity index is 830. The number of Topliss-reactive ketones (excluding diaryl/α,β-unsaturated/α-hetero) is 1. The van der Waals surface area contributed by atoms with Crippen LogP contribution in [0, 0.1) is 56.7 Å². The van der Waals surface area contributed by atoms with Gasteiger partial charge in [0.15, 0.2) is 0 Å². The monoisotopic (exact) mass is 442 g/mol. The quantitative estimate of drug-likeness (QED) is 0.354. The Morgan fingerprint density at radius 1 is 0.875 bits per heavy atom. The van der Waals surface area contributed by atoms with Gasteiger partial charge in [0.05, 0.1) is 7.11 Å². The summed E-state index contributed by atoms with van der Waals surface area (Å²) >= 11 is 0. The smallest absolute Gasteiger partial charge is 0.374 e. The molecule has 180 valence electrons.